The normalized spacial score (nSPS) is 17.3. The Bertz CT molecular complexity index is 1070. The maximum atomic E-state index is 12.2. The number of nitrogens with one attached hydrogen (secondary N) is 2. The van der Waals surface area contributed by atoms with Gasteiger partial charge in [0.25, 0.3) is 0 Å². The first-order valence-corrected chi connectivity index (χ1v) is 11.1. The number of nitrogens with zero attached hydrogens (tertiary/aromatic N) is 4. The molecule has 1 aromatic carbocycles. The Morgan fingerprint density at radius 3 is 2.31 bits per heavy atom. The van der Waals surface area contributed by atoms with Gasteiger partial charge in [0.15, 0.2) is 5.82 Å². The second-order valence-corrected chi connectivity index (χ2v) is 9.83. The number of aromatic nitrogens is 4. The van der Waals surface area contributed by atoms with Crippen LogP contribution in [0.2, 0.25) is 0 Å². The predicted molar refractivity (Wildman–Crippen MR) is 127 cm³/mol. The van der Waals surface area contributed by atoms with Crippen molar-refractivity contribution in [2.24, 2.45) is 0 Å². The fourth-order valence-corrected chi connectivity index (χ4v) is 4.62. The minimum absolute atomic E-state index is 0.0569. The van der Waals surface area contributed by atoms with Crippen molar-refractivity contribution in [3.8, 4) is 22.6 Å². The van der Waals surface area contributed by atoms with Crippen molar-refractivity contribution in [3.63, 3.8) is 0 Å². The van der Waals surface area contributed by atoms with E-state index in [9.17, 15) is 18.3 Å². The van der Waals surface area contributed by atoms with E-state index in [2.05, 4.69) is 70.1 Å². The van der Waals surface area contributed by atoms with Crippen LogP contribution >= 0.6 is 0 Å². The quantitative estimate of drug-likeness (QED) is 0.476. The summed E-state index contributed by atoms with van der Waals surface area (Å²) >= 11 is 0. The number of aromatic amines is 1. The summed E-state index contributed by atoms with van der Waals surface area (Å²) in [5.41, 5.74) is 0.562. The summed E-state index contributed by atoms with van der Waals surface area (Å²) in [6.45, 7) is 9.08. The van der Waals surface area contributed by atoms with Crippen molar-refractivity contribution in [1.29, 1.82) is 0 Å². The highest BCUT2D eigenvalue weighted by Crippen LogP contribution is 2.39. The van der Waals surface area contributed by atoms with Crippen LogP contribution in [0.3, 0.4) is 0 Å². The van der Waals surface area contributed by atoms with Crippen LogP contribution in [0.5, 0.6) is 11.5 Å². The SMILES string of the molecule is CN(c1cccnn1)C1CC(C)(C)NC(C)(C)C1.Oc1cccc(OC(F)(F)F)c1-c1cn[nH]c1. The van der Waals surface area contributed by atoms with Crippen molar-refractivity contribution in [2.45, 2.75) is 64.0 Å². The zero-order chi connectivity index (χ0) is 25.9. The van der Waals surface area contributed by atoms with Gasteiger partial charge in [0.05, 0.1) is 11.8 Å². The van der Waals surface area contributed by atoms with Crippen LogP contribution in [-0.2, 0) is 0 Å². The van der Waals surface area contributed by atoms with Crippen LogP contribution < -0.4 is 15.0 Å². The molecule has 35 heavy (non-hydrogen) atoms. The number of benzene rings is 1. The van der Waals surface area contributed by atoms with Crippen LogP contribution in [-0.4, -0.2) is 56.0 Å². The molecule has 0 saturated carbocycles. The molecule has 190 valence electrons. The Kier molecular flexibility index (Phi) is 7.59. The monoisotopic (exact) mass is 492 g/mol. The standard InChI is InChI=1S/C14H24N4.C10H7F3N2O2/c1-13(2)9-11(10-14(3,4)17-13)18(5)12-7-6-8-15-16-12;11-10(12,13)17-8-3-1-2-7(16)9(8)6-4-14-15-5-6/h6-8,11,17H,9-10H2,1-5H3;1-5,16H,(H,14,15). The van der Waals surface area contributed by atoms with Gasteiger partial charge in [-0.05, 0) is 64.8 Å². The molecule has 2 aromatic heterocycles. The van der Waals surface area contributed by atoms with E-state index >= 15 is 0 Å². The highest BCUT2D eigenvalue weighted by Gasteiger charge is 2.39. The maximum absolute atomic E-state index is 12.2. The van der Waals surface area contributed by atoms with E-state index in [1.807, 2.05) is 12.1 Å². The summed E-state index contributed by atoms with van der Waals surface area (Å²) in [4.78, 5) is 2.26. The number of alkyl halides is 3. The topological polar surface area (TPSA) is 99.2 Å². The van der Waals surface area contributed by atoms with Gasteiger partial charge in [0.2, 0.25) is 0 Å². The Balaban J connectivity index is 0.000000196. The molecular weight excluding hydrogens is 461 g/mol. The Labute approximate surface area is 202 Å². The average Bonchev–Trinajstić information content (AvgIpc) is 3.25. The van der Waals surface area contributed by atoms with Gasteiger partial charge in [0.1, 0.15) is 11.5 Å². The van der Waals surface area contributed by atoms with Crippen LogP contribution in [0.25, 0.3) is 11.1 Å². The lowest BCUT2D eigenvalue weighted by Gasteiger charge is -2.49. The highest BCUT2D eigenvalue weighted by molar-refractivity contribution is 5.75. The number of anilines is 1. The van der Waals surface area contributed by atoms with Crippen molar-refractivity contribution in [3.05, 3.63) is 48.9 Å². The molecule has 3 N–H and O–H groups in total. The number of halogens is 3. The molecular formula is C24H31F3N6O2. The molecule has 0 unspecified atom stereocenters. The summed E-state index contributed by atoms with van der Waals surface area (Å²) in [7, 11) is 2.12. The summed E-state index contributed by atoms with van der Waals surface area (Å²) in [5, 5.41) is 27.5. The first-order valence-electron chi connectivity index (χ1n) is 11.1. The minimum Gasteiger partial charge on any atom is -0.507 e. The third kappa shape index (κ3) is 7.32. The number of piperidine rings is 1. The van der Waals surface area contributed by atoms with Gasteiger partial charge in [-0.3, -0.25) is 5.10 Å². The van der Waals surface area contributed by atoms with Crippen LogP contribution in [0, 0.1) is 0 Å². The van der Waals surface area contributed by atoms with E-state index in [1.54, 1.807) is 6.20 Å². The van der Waals surface area contributed by atoms with E-state index in [1.165, 1.54) is 24.5 Å². The second kappa shape index (κ2) is 10.1. The van der Waals surface area contributed by atoms with Gasteiger partial charge in [-0.15, -0.1) is 18.3 Å². The largest absolute Gasteiger partial charge is 0.573 e. The summed E-state index contributed by atoms with van der Waals surface area (Å²) in [5.74, 6) is 0.169. The first-order chi connectivity index (χ1) is 16.3. The molecule has 3 heterocycles. The van der Waals surface area contributed by atoms with Gasteiger partial charge in [-0.25, -0.2) is 0 Å². The molecule has 1 fully saturated rings. The number of phenols is 1. The zero-order valence-corrected chi connectivity index (χ0v) is 20.4. The number of aromatic hydroxyl groups is 1. The number of hydrogen-bond acceptors (Lipinski definition) is 7. The van der Waals surface area contributed by atoms with Crippen molar-refractivity contribution in [2.75, 3.05) is 11.9 Å². The lowest BCUT2D eigenvalue weighted by molar-refractivity contribution is -0.274. The molecule has 0 radical (unpaired) electrons. The fraction of sp³-hybridized carbons (Fsp3) is 0.458. The number of hydrogen-bond donors (Lipinski definition) is 3. The first kappa shape index (κ1) is 26.3. The van der Waals surface area contributed by atoms with Gasteiger partial charge in [-0.1, -0.05) is 6.07 Å². The highest BCUT2D eigenvalue weighted by atomic mass is 19.4. The second-order valence-electron chi connectivity index (χ2n) is 9.83. The van der Waals surface area contributed by atoms with Crippen molar-refractivity contribution in [1.82, 2.24) is 25.7 Å². The number of rotatable bonds is 4. The third-order valence-electron chi connectivity index (χ3n) is 5.65. The lowest BCUT2D eigenvalue weighted by Crippen LogP contribution is -2.62. The minimum atomic E-state index is -4.81. The smallest absolute Gasteiger partial charge is 0.507 e. The molecule has 0 spiro atoms. The molecule has 3 aromatic rings. The maximum Gasteiger partial charge on any atom is 0.573 e. The fourth-order valence-electron chi connectivity index (χ4n) is 4.62. The zero-order valence-electron chi connectivity index (χ0n) is 20.4. The summed E-state index contributed by atoms with van der Waals surface area (Å²) < 4.78 is 40.3. The Morgan fingerprint density at radius 1 is 1.09 bits per heavy atom. The van der Waals surface area contributed by atoms with Crippen LogP contribution in [0.1, 0.15) is 40.5 Å². The molecule has 8 nitrogen and oxygen atoms in total. The van der Waals surface area contributed by atoms with Crippen molar-refractivity contribution >= 4 is 5.82 Å². The van der Waals surface area contributed by atoms with Gasteiger partial charge in [0, 0.05) is 42.1 Å². The summed E-state index contributed by atoms with van der Waals surface area (Å²) in [6.07, 6.45) is 1.78. The number of phenolic OH excluding ortho intramolecular Hbond substituents is 1. The predicted octanol–water partition coefficient (Wildman–Crippen LogP) is 4.90. The molecule has 1 saturated heterocycles. The van der Waals surface area contributed by atoms with E-state index in [0.29, 0.717) is 11.6 Å². The van der Waals surface area contributed by atoms with Crippen molar-refractivity contribution < 1.29 is 23.0 Å². The number of H-pyrrole nitrogens is 1. The third-order valence-corrected chi connectivity index (χ3v) is 5.65. The van der Waals surface area contributed by atoms with E-state index < -0.39 is 12.1 Å². The molecule has 1 aliphatic rings. The Morgan fingerprint density at radius 2 is 1.77 bits per heavy atom. The van der Waals surface area contributed by atoms with E-state index in [-0.39, 0.29) is 22.4 Å². The molecule has 4 rings (SSSR count). The lowest BCUT2D eigenvalue weighted by atomic mass is 9.79. The van der Waals surface area contributed by atoms with Gasteiger partial charge >= 0.3 is 6.36 Å². The van der Waals surface area contributed by atoms with E-state index in [4.69, 9.17) is 0 Å². The van der Waals surface area contributed by atoms with Crippen LogP contribution in [0.4, 0.5) is 19.0 Å². The molecule has 11 heteroatoms. The molecule has 0 bridgehead atoms. The van der Waals surface area contributed by atoms with Gasteiger partial charge < -0.3 is 20.1 Å². The van der Waals surface area contributed by atoms with E-state index in [0.717, 1.165) is 24.7 Å². The molecule has 0 aliphatic carbocycles. The Hall–Kier alpha value is -3.34. The molecule has 0 atom stereocenters. The number of ether oxygens (including phenoxy) is 1. The summed E-state index contributed by atoms with van der Waals surface area (Å²) in [6, 6.07) is 8.11. The van der Waals surface area contributed by atoms with Gasteiger partial charge in [-0.2, -0.15) is 10.2 Å². The van der Waals surface area contributed by atoms with Crippen LogP contribution in [0.15, 0.2) is 48.9 Å². The molecule has 0 amide bonds. The molecule has 1 aliphatic heterocycles. The average molecular weight is 493 g/mol.